The topological polar surface area (TPSA) is 120 Å². The lowest BCUT2D eigenvalue weighted by Crippen LogP contribution is -2.48. The van der Waals surface area contributed by atoms with Crippen LogP contribution in [0.15, 0.2) is 18.3 Å². The van der Waals surface area contributed by atoms with Crippen LogP contribution in [0.2, 0.25) is 0 Å². The van der Waals surface area contributed by atoms with Gasteiger partial charge in [-0.05, 0) is 19.9 Å². The van der Waals surface area contributed by atoms with E-state index >= 15 is 0 Å². The summed E-state index contributed by atoms with van der Waals surface area (Å²) in [6, 6.07) is 3.37. The third-order valence-corrected chi connectivity index (χ3v) is 4.00. The van der Waals surface area contributed by atoms with E-state index in [4.69, 9.17) is 14.6 Å². The molecule has 1 unspecified atom stereocenters. The number of hydrogen-bond donors (Lipinski definition) is 1. The van der Waals surface area contributed by atoms with Crippen molar-refractivity contribution < 1.29 is 24.2 Å². The monoisotopic (exact) mass is 361 g/mol. The van der Waals surface area contributed by atoms with Gasteiger partial charge in [0.15, 0.2) is 11.9 Å². The number of carbonyl (C=O) groups excluding carboxylic acids is 1. The zero-order chi connectivity index (χ0) is 18.7. The smallest absolute Gasteiger partial charge is 0.334 e. The quantitative estimate of drug-likeness (QED) is 0.807. The number of morpholine rings is 1. The molecular formula is C16H19N5O5. The summed E-state index contributed by atoms with van der Waals surface area (Å²) in [7, 11) is 0. The summed E-state index contributed by atoms with van der Waals surface area (Å²) < 4.78 is 11.9. The van der Waals surface area contributed by atoms with Gasteiger partial charge in [-0.3, -0.25) is 4.79 Å². The SMILES string of the molecule is CCOc1ccc(-n2ncc(C(=O)N3CCOC(C(=O)O)C3)c2C)nn1. The Hall–Kier alpha value is -3.01. The van der Waals surface area contributed by atoms with E-state index in [0.29, 0.717) is 36.1 Å². The Morgan fingerprint density at radius 3 is 2.85 bits per heavy atom. The maximum atomic E-state index is 12.7. The van der Waals surface area contributed by atoms with E-state index in [2.05, 4.69) is 15.3 Å². The van der Waals surface area contributed by atoms with E-state index in [1.807, 2.05) is 6.92 Å². The number of nitrogens with zero attached hydrogens (tertiary/aromatic N) is 5. The summed E-state index contributed by atoms with van der Waals surface area (Å²) in [4.78, 5) is 25.3. The summed E-state index contributed by atoms with van der Waals surface area (Å²) in [6.45, 7) is 4.60. The minimum Gasteiger partial charge on any atom is -0.479 e. The van der Waals surface area contributed by atoms with Gasteiger partial charge in [0.25, 0.3) is 5.91 Å². The van der Waals surface area contributed by atoms with Crippen molar-refractivity contribution in [1.29, 1.82) is 0 Å². The predicted octanol–water partition coefficient (Wildman–Crippen LogP) is 0.295. The van der Waals surface area contributed by atoms with Gasteiger partial charge in [-0.2, -0.15) is 5.10 Å². The molecule has 2 aromatic heterocycles. The zero-order valence-corrected chi connectivity index (χ0v) is 14.5. The summed E-state index contributed by atoms with van der Waals surface area (Å²) in [5.41, 5.74) is 0.971. The first-order chi connectivity index (χ1) is 12.5. The lowest BCUT2D eigenvalue weighted by molar-refractivity contribution is -0.154. The number of aromatic nitrogens is 4. The van der Waals surface area contributed by atoms with Crippen LogP contribution in [0.4, 0.5) is 0 Å². The number of carbonyl (C=O) groups is 2. The molecule has 2 aromatic rings. The normalized spacial score (nSPS) is 17.2. The molecule has 10 nitrogen and oxygen atoms in total. The Morgan fingerprint density at radius 1 is 1.38 bits per heavy atom. The van der Waals surface area contributed by atoms with E-state index < -0.39 is 12.1 Å². The molecule has 1 atom stereocenters. The molecule has 0 bridgehead atoms. The van der Waals surface area contributed by atoms with Crippen LogP contribution in [0.1, 0.15) is 23.0 Å². The number of aliphatic carboxylic acids is 1. The van der Waals surface area contributed by atoms with E-state index in [9.17, 15) is 9.59 Å². The Bertz CT molecular complexity index is 804. The second-order valence-electron chi connectivity index (χ2n) is 5.67. The van der Waals surface area contributed by atoms with Crippen LogP contribution in [0.5, 0.6) is 5.88 Å². The van der Waals surface area contributed by atoms with Crippen molar-refractivity contribution in [2.24, 2.45) is 0 Å². The molecule has 1 saturated heterocycles. The number of carboxylic acids is 1. The van der Waals surface area contributed by atoms with Gasteiger partial charge in [0.05, 0.1) is 37.2 Å². The van der Waals surface area contributed by atoms with Gasteiger partial charge in [0, 0.05) is 12.6 Å². The number of carboxylic acid groups (broad SMARTS) is 1. The van der Waals surface area contributed by atoms with Gasteiger partial charge >= 0.3 is 5.97 Å². The molecule has 1 aliphatic rings. The van der Waals surface area contributed by atoms with Crippen LogP contribution in [-0.4, -0.2) is 74.3 Å². The van der Waals surface area contributed by atoms with Crippen molar-refractivity contribution in [3.05, 3.63) is 29.6 Å². The van der Waals surface area contributed by atoms with Gasteiger partial charge in [-0.25, -0.2) is 9.48 Å². The summed E-state index contributed by atoms with van der Waals surface area (Å²) in [6.07, 6.45) is 0.432. The summed E-state index contributed by atoms with van der Waals surface area (Å²) >= 11 is 0. The first-order valence-corrected chi connectivity index (χ1v) is 8.16. The molecule has 0 aromatic carbocycles. The molecule has 0 radical (unpaired) electrons. The van der Waals surface area contributed by atoms with Crippen molar-refractivity contribution in [3.8, 4) is 11.7 Å². The first-order valence-electron chi connectivity index (χ1n) is 8.16. The van der Waals surface area contributed by atoms with Crippen LogP contribution in [-0.2, 0) is 9.53 Å². The largest absolute Gasteiger partial charge is 0.479 e. The van der Waals surface area contributed by atoms with Crippen molar-refractivity contribution in [1.82, 2.24) is 24.9 Å². The van der Waals surface area contributed by atoms with Gasteiger partial charge in [0.2, 0.25) is 5.88 Å². The third-order valence-electron chi connectivity index (χ3n) is 4.00. The Morgan fingerprint density at radius 2 is 2.19 bits per heavy atom. The molecular weight excluding hydrogens is 342 g/mol. The van der Waals surface area contributed by atoms with Crippen LogP contribution in [0.25, 0.3) is 5.82 Å². The molecule has 3 heterocycles. The maximum absolute atomic E-state index is 12.7. The van der Waals surface area contributed by atoms with Crippen LogP contribution in [0, 0.1) is 6.92 Å². The second-order valence-corrected chi connectivity index (χ2v) is 5.67. The van der Waals surface area contributed by atoms with E-state index in [1.165, 1.54) is 15.8 Å². The second kappa shape index (κ2) is 7.48. The molecule has 1 fully saturated rings. The fourth-order valence-corrected chi connectivity index (χ4v) is 2.65. The number of amides is 1. The number of ether oxygens (including phenoxy) is 2. The lowest BCUT2D eigenvalue weighted by Gasteiger charge is -2.30. The van der Waals surface area contributed by atoms with Crippen LogP contribution in [0.3, 0.4) is 0 Å². The predicted molar refractivity (Wildman–Crippen MR) is 88.3 cm³/mol. The Balaban J connectivity index is 1.79. The summed E-state index contributed by atoms with van der Waals surface area (Å²) in [5, 5.41) is 21.3. The molecule has 0 saturated carbocycles. The summed E-state index contributed by atoms with van der Waals surface area (Å²) in [5.74, 6) is -0.512. The van der Waals surface area contributed by atoms with E-state index in [0.717, 1.165) is 0 Å². The van der Waals surface area contributed by atoms with Crippen molar-refractivity contribution in [2.45, 2.75) is 20.0 Å². The van der Waals surface area contributed by atoms with Crippen LogP contribution >= 0.6 is 0 Å². The van der Waals surface area contributed by atoms with Gasteiger partial charge in [0.1, 0.15) is 0 Å². The average Bonchev–Trinajstić information content (AvgIpc) is 3.03. The van der Waals surface area contributed by atoms with Gasteiger partial charge in [-0.1, -0.05) is 0 Å². The van der Waals surface area contributed by atoms with Gasteiger partial charge < -0.3 is 19.5 Å². The number of hydrogen-bond acceptors (Lipinski definition) is 7. The molecule has 1 aliphatic heterocycles. The van der Waals surface area contributed by atoms with E-state index in [-0.39, 0.29) is 19.1 Å². The molecule has 0 aliphatic carbocycles. The van der Waals surface area contributed by atoms with Crippen molar-refractivity contribution >= 4 is 11.9 Å². The molecule has 0 spiro atoms. The van der Waals surface area contributed by atoms with Gasteiger partial charge in [-0.15, -0.1) is 10.2 Å². The highest BCUT2D eigenvalue weighted by atomic mass is 16.5. The minimum absolute atomic E-state index is 0.00163. The zero-order valence-electron chi connectivity index (χ0n) is 14.5. The standard InChI is InChI=1S/C16H19N5O5/c1-3-25-14-5-4-13(18-19-14)21-10(2)11(8-17-21)15(22)20-6-7-26-12(9-20)16(23)24/h4-5,8,12H,3,6-7,9H2,1-2H3,(H,23,24). The Kier molecular flexibility index (Phi) is 5.12. The fourth-order valence-electron chi connectivity index (χ4n) is 2.65. The molecule has 3 rings (SSSR count). The van der Waals surface area contributed by atoms with Crippen LogP contribution < -0.4 is 4.74 Å². The third kappa shape index (κ3) is 3.49. The first kappa shape index (κ1) is 17.8. The number of rotatable bonds is 5. The molecule has 138 valence electrons. The molecule has 10 heteroatoms. The fraction of sp³-hybridized carbons (Fsp3) is 0.438. The van der Waals surface area contributed by atoms with E-state index in [1.54, 1.807) is 19.1 Å². The molecule has 1 N–H and O–H groups in total. The highest BCUT2D eigenvalue weighted by Gasteiger charge is 2.31. The highest BCUT2D eigenvalue weighted by molar-refractivity contribution is 5.95. The Labute approximate surface area is 149 Å². The van der Waals surface area contributed by atoms with Crippen molar-refractivity contribution in [2.75, 3.05) is 26.3 Å². The maximum Gasteiger partial charge on any atom is 0.334 e. The minimum atomic E-state index is -1.08. The lowest BCUT2D eigenvalue weighted by atomic mass is 10.2. The molecule has 1 amide bonds. The van der Waals surface area contributed by atoms with Crippen molar-refractivity contribution in [3.63, 3.8) is 0 Å². The molecule has 26 heavy (non-hydrogen) atoms. The average molecular weight is 361 g/mol. The highest BCUT2D eigenvalue weighted by Crippen LogP contribution is 2.17.